The van der Waals surface area contributed by atoms with Crippen molar-refractivity contribution in [2.45, 2.75) is 44.1 Å². The number of nitrogens with zero attached hydrogens (tertiary/aromatic N) is 1. The molecule has 2 atom stereocenters. The van der Waals surface area contributed by atoms with Crippen LogP contribution in [0.15, 0.2) is 34.6 Å². The van der Waals surface area contributed by atoms with E-state index in [1.165, 1.54) is 22.4 Å². The molecule has 0 bridgehead atoms. The number of nitrogens with one attached hydrogen (secondary N) is 1. The number of hydrogen-bond donors (Lipinski definition) is 2. The lowest BCUT2D eigenvalue weighted by atomic mass is 10.0. The molecule has 2 heterocycles. The van der Waals surface area contributed by atoms with Crippen molar-refractivity contribution in [2.24, 2.45) is 5.92 Å². The summed E-state index contributed by atoms with van der Waals surface area (Å²) in [6.07, 6.45) is -7.21. The van der Waals surface area contributed by atoms with Gasteiger partial charge in [-0.25, -0.2) is 0 Å². The number of carboxylic acid groups (broad SMARTS) is 1. The average molecular weight is 623 g/mol. The summed E-state index contributed by atoms with van der Waals surface area (Å²) < 4.78 is 79.5. The number of thioether (sulfide) groups is 1. The summed E-state index contributed by atoms with van der Waals surface area (Å²) in [5.74, 6) is -2.24. The van der Waals surface area contributed by atoms with E-state index in [-0.39, 0.29) is 51.3 Å². The molecule has 1 saturated carbocycles. The third-order valence-electron chi connectivity index (χ3n) is 6.40. The van der Waals surface area contributed by atoms with Crippen LogP contribution in [0, 0.1) is 5.92 Å². The Morgan fingerprint density at radius 3 is 2.27 bits per heavy atom. The number of carboxylic acids is 1. The molecule has 2 amide bonds. The van der Waals surface area contributed by atoms with Gasteiger partial charge in [-0.2, -0.15) is 26.3 Å². The molecular weight excluding hydrogens is 602 g/mol. The van der Waals surface area contributed by atoms with Crippen LogP contribution in [-0.2, 0) is 26.7 Å². The van der Waals surface area contributed by atoms with Gasteiger partial charge in [0.25, 0.3) is 5.91 Å². The Kier molecular flexibility index (Phi) is 8.66. The van der Waals surface area contributed by atoms with Crippen LogP contribution in [0.4, 0.5) is 26.3 Å². The molecule has 15 heteroatoms. The maximum absolute atomic E-state index is 13.2. The molecule has 1 aromatic heterocycles. The van der Waals surface area contributed by atoms with Gasteiger partial charge in [-0.1, -0.05) is 24.0 Å². The van der Waals surface area contributed by atoms with Crippen molar-refractivity contribution < 1.29 is 45.8 Å². The number of halogens is 6. The molecule has 2 fully saturated rings. The van der Waals surface area contributed by atoms with Gasteiger partial charge in [0.2, 0.25) is 5.91 Å². The Hall–Kier alpha value is -2.91. The van der Waals surface area contributed by atoms with Crippen LogP contribution in [0.3, 0.4) is 0 Å². The van der Waals surface area contributed by atoms with Crippen molar-refractivity contribution in [1.29, 1.82) is 0 Å². The first-order valence-electron chi connectivity index (χ1n) is 11.8. The fourth-order valence-corrected chi connectivity index (χ4v) is 6.60. The Bertz CT molecular complexity index is 1350. The lowest BCUT2D eigenvalue weighted by Gasteiger charge is -2.16. The van der Waals surface area contributed by atoms with Crippen LogP contribution in [0.5, 0.6) is 0 Å². The summed E-state index contributed by atoms with van der Waals surface area (Å²) in [4.78, 5) is 38.1. The van der Waals surface area contributed by atoms with Crippen molar-refractivity contribution in [3.05, 3.63) is 50.6 Å². The lowest BCUT2D eigenvalue weighted by molar-refractivity contribution is -0.143. The Balaban J connectivity index is 1.43. The SMILES string of the molecule is O=C(CCN1C(=O)C(=Cc2cc(-c3cc(C(F)(F)F)cc(C(F)(F)F)c3)cs2)SC1=S)N[C@H]1CC[C@@H](C(=O)O)C1. The average Bonchev–Trinajstić information content (AvgIpc) is 3.57. The quantitative estimate of drug-likeness (QED) is 0.211. The first-order valence-corrected chi connectivity index (χ1v) is 13.9. The number of benzene rings is 1. The summed E-state index contributed by atoms with van der Waals surface area (Å²) in [6, 6.07) is 2.46. The lowest BCUT2D eigenvalue weighted by Crippen LogP contribution is -2.37. The topological polar surface area (TPSA) is 86.7 Å². The molecule has 1 saturated heterocycles. The molecule has 1 aliphatic carbocycles. The van der Waals surface area contributed by atoms with E-state index in [0.29, 0.717) is 36.3 Å². The van der Waals surface area contributed by atoms with Crippen molar-refractivity contribution >= 4 is 63.5 Å². The van der Waals surface area contributed by atoms with E-state index in [4.69, 9.17) is 17.3 Å². The Morgan fingerprint density at radius 1 is 1.05 bits per heavy atom. The van der Waals surface area contributed by atoms with Crippen LogP contribution in [0.1, 0.15) is 41.7 Å². The molecule has 0 spiro atoms. The summed E-state index contributed by atoms with van der Waals surface area (Å²) in [5, 5.41) is 13.2. The first kappa shape index (κ1) is 30.1. The fourth-order valence-electron chi connectivity index (χ4n) is 4.37. The molecular formula is C25H20F6N2O4S3. The van der Waals surface area contributed by atoms with E-state index in [0.717, 1.165) is 23.1 Å². The largest absolute Gasteiger partial charge is 0.481 e. The highest BCUT2D eigenvalue weighted by Gasteiger charge is 2.37. The van der Waals surface area contributed by atoms with Crippen molar-refractivity contribution in [3.8, 4) is 11.1 Å². The monoisotopic (exact) mass is 622 g/mol. The van der Waals surface area contributed by atoms with Crippen LogP contribution >= 0.6 is 35.3 Å². The van der Waals surface area contributed by atoms with E-state index in [1.807, 2.05) is 0 Å². The number of amides is 2. The highest BCUT2D eigenvalue weighted by atomic mass is 32.2. The smallest absolute Gasteiger partial charge is 0.416 e. The van der Waals surface area contributed by atoms with Gasteiger partial charge in [0.05, 0.1) is 21.9 Å². The zero-order chi connectivity index (χ0) is 29.4. The van der Waals surface area contributed by atoms with Crippen molar-refractivity contribution in [3.63, 3.8) is 0 Å². The highest BCUT2D eigenvalue weighted by molar-refractivity contribution is 8.26. The van der Waals surface area contributed by atoms with Gasteiger partial charge >= 0.3 is 18.3 Å². The normalized spacial score (nSPS) is 20.9. The molecule has 1 aromatic carbocycles. The Labute approximate surface area is 237 Å². The molecule has 0 radical (unpaired) electrons. The number of hydrogen-bond acceptors (Lipinski definition) is 6. The minimum Gasteiger partial charge on any atom is -0.481 e. The van der Waals surface area contributed by atoms with Gasteiger partial charge in [0.15, 0.2) is 0 Å². The molecule has 1 aliphatic heterocycles. The molecule has 2 aliphatic rings. The van der Waals surface area contributed by atoms with E-state index in [2.05, 4.69) is 5.32 Å². The number of thiocarbonyl (C=S) groups is 1. The third kappa shape index (κ3) is 7.04. The van der Waals surface area contributed by atoms with Crippen LogP contribution in [-0.4, -0.2) is 44.7 Å². The third-order valence-corrected chi connectivity index (χ3v) is 8.65. The van der Waals surface area contributed by atoms with E-state index >= 15 is 0 Å². The molecule has 2 N–H and O–H groups in total. The predicted molar refractivity (Wildman–Crippen MR) is 141 cm³/mol. The number of carbonyl (C=O) groups is 3. The van der Waals surface area contributed by atoms with Gasteiger partial charge in [0.1, 0.15) is 4.32 Å². The summed E-state index contributed by atoms with van der Waals surface area (Å²) >= 11 is 7.24. The first-order chi connectivity index (χ1) is 18.6. The second kappa shape index (κ2) is 11.5. The van der Waals surface area contributed by atoms with E-state index in [9.17, 15) is 40.7 Å². The van der Waals surface area contributed by atoms with Crippen molar-refractivity contribution in [1.82, 2.24) is 10.2 Å². The summed E-state index contributed by atoms with van der Waals surface area (Å²) in [7, 11) is 0. The molecule has 4 rings (SSSR count). The maximum atomic E-state index is 13.2. The predicted octanol–water partition coefficient (Wildman–Crippen LogP) is 6.41. The molecule has 0 unspecified atom stereocenters. The van der Waals surface area contributed by atoms with Crippen LogP contribution < -0.4 is 5.32 Å². The number of alkyl halides is 6. The van der Waals surface area contributed by atoms with Gasteiger partial charge in [0, 0.05) is 23.9 Å². The van der Waals surface area contributed by atoms with Gasteiger partial charge < -0.3 is 10.4 Å². The van der Waals surface area contributed by atoms with Gasteiger partial charge in [-0.05, 0) is 66.1 Å². The number of aliphatic carboxylic acids is 1. The fraction of sp³-hybridized carbons (Fsp3) is 0.360. The maximum Gasteiger partial charge on any atom is 0.416 e. The van der Waals surface area contributed by atoms with Gasteiger partial charge in [-0.15, -0.1) is 11.3 Å². The summed E-state index contributed by atoms with van der Waals surface area (Å²) in [6.45, 7) is -0.0108. The zero-order valence-electron chi connectivity index (χ0n) is 20.3. The molecule has 40 heavy (non-hydrogen) atoms. The minimum atomic E-state index is -4.97. The minimum absolute atomic E-state index is 0.0108. The van der Waals surface area contributed by atoms with E-state index in [1.54, 1.807) is 0 Å². The van der Waals surface area contributed by atoms with E-state index < -0.39 is 41.3 Å². The Morgan fingerprint density at radius 2 is 1.70 bits per heavy atom. The zero-order valence-corrected chi connectivity index (χ0v) is 22.7. The summed E-state index contributed by atoms with van der Waals surface area (Å²) in [5.41, 5.74) is -3.00. The highest BCUT2D eigenvalue weighted by Crippen LogP contribution is 2.40. The van der Waals surface area contributed by atoms with Crippen molar-refractivity contribution in [2.75, 3.05) is 6.54 Å². The number of thiophene rings is 1. The second-order valence-corrected chi connectivity index (χ2v) is 11.8. The van der Waals surface area contributed by atoms with Crippen LogP contribution in [0.2, 0.25) is 0 Å². The van der Waals surface area contributed by atoms with Crippen LogP contribution in [0.25, 0.3) is 17.2 Å². The second-order valence-electron chi connectivity index (χ2n) is 9.23. The van der Waals surface area contributed by atoms with Gasteiger partial charge in [-0.3, -0.25) is 19.3 Å². The molecule has 6 nitrogen and oxygen atoms in total. The molecule has 214 valence electrons. The standard InChI is InChI=1S/C25H20F6N2O4S3/c26-24(27,28)15-5-13(6-16(9-15)25(29,30)31)14-8-18(39-11-14)10-19-21(35)33(23(38)40-19)4-3-20(34)32-17-2-1-12(7-17)22(36)37/h5-6,8-12,17H,1-4,7H2,(H,32,34)(H,36,37)/t12-,17+/m1/s1. The molecule has 2 aromatic rings. The number of carbonyl (C=O) groups excluding carboxylic acids is 2. The number of rotatable bonds is 7.